The summed E-state index contributed by atoms with van der Waals surface area (Å²) in [4.78, 5) is 10.5. The van der Waals surface area contributed by atoms with Crippen molar-refractivity contribution in [3.8, 4) is 0 Å². The van der Waals surface area contributed by atoms with Crippen LogP contribution < -0.4 is 0 Å². The fourth-order valence-corrected chi connectivity index (χ4v) is 4.02. The number of hydrogen-bond donors (Lipinski definition) is 2. The van der Waals surface area contributed by atoms with E-state index >= 15 is 0 Å². The number of carboxylic acid groups (broad SMARTS) is 1. The van der Waals surface area contributed by atoms with Gasteiger partial charge < -0.3 is 10.2 Å². The summed E-state index contributed by atoms with van der Waals surface area (Å²) < 4.78 is 0. The first-order chi connectivity index (χ1) is 14.0. The Balaban J connectivity index is 3.06. The van der Waals surface area contributed by atoms with Gasteiger partial charge in [-0.1, -0.05) is 142 Å². The highest BCUT2D eigenvalue weighted by atomic mass is 16.4. The van der Waals surface area contributed by atoms with Gasteiger partial charge in [0, 0.05) is 0 Å². The molecular weight excluding hydrogens is 360 g/mol. The van der Waals surface area contributed by atoms with Gasteiger partial charge in [0.25, 0.3) is 0 Å². The lowest BCUT2D eigenvalue weighted by atomic mass is 10.0. The molecule has 0 amide bonds. The summed E-state index contributed by atoms with van der Waals surface area (Å²) in [5.41, 5.74) is 0. The third-order valence-corrected chi connectivity index (χ3v) is 6.04. The monoisotopic (exact) mass is 412 g/mol. The molecule has 0 bridgehead atoms. The van der Waals surface area contributed by atoms with Gasteiger partial charge in [0.1, 0.15) is 0 Å². The van der Waals surface area contributed by atoms with Crippen LogP contribution in [0, 0.1) is 5.92 Å². The number of aliphatic hydroxyl groups is 1. The number of aliphatic hydroxyl groups excluding tert-OH is 1. The van der Waals surface area contributed by atoms with Gasteiger partial charge in [-0.25, -0.2) is 4.79 Å². The molecule has 0 spiro atoms. The summed E-state index contributed by atoms with van der Waals surface area (Å²) in [7, 11) is 0. The van der Waals surface area contributed by atoms with Gasteiger partial charge in [-0.15, -0.1) is 0 Å². The fraction of sp³-hybridized carbons (Fsp3) is 0.962. The third-order valence-electron chi connectivity index (χ3n) is 6.04. The van der Waals surface area contributed by atoms with E-state index in [1.54, 1.807) is 0 Å². The summed E-state index contributed by atoms with van der Waals surface area (Å²) in [6.45, 7) is 4.65. The van der Waals surface area contributed by atoms with Crippen molar-refractivity contribution in [2.45, 2.75) is 155 Å². The van der Waals surface area contributed by atoms with Crippen molar-refractivity contribution in [3.05, 3.63) is 0 Å². The van der Waals surface area contributed by atoms with E-state index in [2.05, 4.69) is 13.8 Å². The van der Waals surface area contributed by atoms with Crippen LogP contribution in [0.3, 0.4) is 0 Å². The zero-order chi connectivity index (χ0) is 21.6. The van der Waals surface area contributed by atoms with Gasteiger partial charge in [0.15, 0.2) is 6.10 Å². The van der Waals surface area contributed by atoms with Crippen molar-refractivity contribution in [3.63, 3.8) is 0 Å². The lowest BCUT2D eigenvalue weighted by molar-refractivity contribution is -0.146. The number of carbonyl (C=O) groups is 1. The molecule has 0 aromatic rings. The van der Waals surface area contributed by atoms with Gasteiger partial charge >= 0.3 is 5.97 Å². The predicted octanol–water partition coefficient (Wildman–Crippen LogP) is 8.28. The number of aliphatic carboxylic acids is 1. The molecule has 0 rings (SSSR count). The Morgan fingerprint density at radius 3 is 1.00 bits per heavy atom. The maximum absolute atomic E-state index is 10.5. The normalized spacial score (nSPS) is 12.6. The standard InChI is InChI=1S/C26H52O3/c1-24(2)22-20-18-16-14-12-10-8-6-4-3-5-7-9-11-13-15-17-19-21-23-25(27)26(28)29/h24-25,27H,3-23H2,1-2H3,(H,28,29)/t25-/m1/s1. The van der Waals surface area contributed by atoms with Crippen LogP contribution in [0.5, 0.6) is 0 Å². The minimum absolute atomic E-state index is 0.397. The van der Waals surface area contributed by atoms with Crippen LogP contribution in [0.25, 0.3) is 0 Å². The summed E-state index contributed by atoms with van der Waals surface area (Å²) in [5, 5.41) is 17.8. The zero-order valence-corrected chi connectivity index (χ0v) is 19.8. The molecule has 0 saturated carbocycles. The van der Waals surface area contributed by atoms with E-state index < -0.39 is 12.1 Å². The number of rotatable bonds is 23. The topological polar surface area (TPSA) is 57.5 Å². The molecule has 0 fully saturated rings. The second-order valence-corrected chi connectivity index (χ2v) is 9.54. The quantitative estimate of drug-likeness (QED) is 0.166. The highest BCUT2D eigenvalue weighted by Crippen LogP contribution is 2.15. The Labute approximate surface area is 182 Å². The van der Waals surface area contributed by atoms with Crippen LogP contribution >= 0.6 is 0 Å². The highest BCUT2D eigenvalue weighted by molar-refractivity contribution is 5.71. The van der Waals surface area contributed by atoms with Crippen molar-refractivity contribution in [2.24, 2.45) is 5.92 Å². The zero-order valence-electron chi connectivity index (χ0n) is 19.8. The highest BCUT2D eigenvalue weighted by Gasteiger charge is 2.11. The lowest BCUT2D eigenvalue weighted by Crippen LogP contribution is -2.18. The van der Waals surface area contributed by atoms with Crippen molar-refractivity contribution >= 4 is 5.97 Å². The Bertz CT molecular complexity index is 341. The average molecular weight is 413 g/mol. The van der Waals surface area contributed by atoms with E-state index in [0.717, 1.165) is 18.8 Å². The molecule has 0 radical (unpaired) electrons. The first-order valence-electron chi connectivity index (χ1n) is 12.9. The Kier molecular flexibility index (Phi) is 21.7. The molecule has 3 heteroatoms. The SMILES string of the molecule is CC(C)CCCCCCCCCCCCCCCCCCCCC[C@@H](O)C(=O)O. The molecule has 0 aliphatic heterocycles. The first kappa shape index (κ1) is 28.4. The number of carboxylic acids is 1. The molecular formula is C26H52O3. The van der Waals surface area contributed by atoms with Gasteiger partial charge in [-0.05, 0) is 12.3 Å². The maximum atomic E-state index is 10.5. The van der Waals surface area contributed by atoms with Crippen molar-refractivity contribution in [1.82, 2.24) is 0 Å². The van der Waals surface area contributed by atoms with E-state index in [1.807, 2.05) is 0 Å². The molecule has 3 nitrogen and oxygen atoms in total. The van der Waals surface area contributed by atoms with Gasteiger partial charge in [0.05, 0.1) is 0 Å². The van der Waals surface area contributed by atoms with Crippen LogP contribution in [0.15, 0.2) is 0 Å². The second kappa shape index (κ2) is 22.1. The molecule has 0 saturated heterocycles. The molecule has 0 aromatic heterocycles. The van der Waals surface area contributed by atoms with Gasteiger partial charge in [0.2, 0.25) is 0 Å². The van der Waals surface area contributed by atoms with Crippen LogP contribution in [-0.4, -0.2) is 22.3 Å². The Morgan fingerprint density at radius 1 is 0.517 bits per heavy atom. The molecule has 0 aromatic carbocycles. The lowest BCUT2D eigenvalue weighted by Gasteiger charge is -2.05. The van der Waals surface area contributed by atoms with Crippen molar-refractivity contribution < 1.29 is 15.0 Å². The van der Waals surface area contributed by atoms with Crippen LogP contribution in [-0.2, 0) is 4.79 Å². The molecule has 1 atom stereocenters. The third kappa shape index (κ3) is 23.6. The maximum Gasteiger partial charge on any atom is 0.332 e. The van der Waals surface area contributed by atoms with Crippen molar-refractivity contribution in [2.75, 3.05) is 0 Å². The fourth-order valence-electron chi connectivity index (χ4n) is 4.02. The van der Waals surface area contributed by atoms with E-state index in [9.17, 15) is 9.90 Å². The minimum atomic E-state index is -1.17. The molecule has 29 heavy (non-hydrogen) atoms. The number of hydrogen-bond acceptors (Lipinski definition) is 2. The summed E-state index contributed by atoms with van der Waals surface area (Å²) in [6.07, 6.45) is 26.1. The summed E-state index contributed by atoms with van der Waals surface area (Å²) >= 11 is 0. The summed E-state index contributed by atoms with van der Waals surface area (Å²) in [6, 6.07) is 0. The largest absolute Gasteiger partial charge is 0.479 e. The van der Waals surface area contributed by atoms with Crippen LogP contribution in [0.1, 0.15) is 149 Å². The number of unbranched alkanes of at least 4 members (excludes halogenated alkanes) is 18. The van der Waals surface area contributed by atoms with Gasteiger partial charge in [-0.3, -0.25) is 0 Å². The molecule has 0 heterocycles. The Hall–Kier alpha value is -0.570. The second-order valence-electron chi connectivity index (χ2n) is 9.54. The predicted molar refractivity (Wildman–Crippen MR) is 125 cm³/mol. The van der Waals surface area contributed by atoms with Crippen LogP contribution in [0.2, 0.25) is 0 Å². The van der Waals surface area contributed by atoms with E-state index in [0.29, 0.717) is 6.42 Å². The van der Waals surface area contributed by atoms with E-state index in [4.69, 9.17) is 5.11 Å². The molecule has 0 aliphatic carbocycles. The molecule has 0 unspecified atom stereocenters. The first-order valence-corrected chi connectivity index (χ1v) is 12.9. The molecule has 174 valence electrons. The van der Waals surface area contributed by atoms with Crippen LogP contribution in [0.4, 0.5) is 0 Å². The minimum Gasteiger partial charge on any atom is -0.479 e. The summed E-state index contributed by atoms with van der Waals surface area (Å²) in [5.74, 6) is -0.215. The molecule has 2 N–H and O–H groups in total. The van der Waals surface area contributed by atoms with Crippen molar-refractivity contribution in [1.29, 1.82) is 0 Å². The Morgan fingerprint density at radius 2 is 0.759 bits per heavy atom. The van der Waals surface area contributed by atoms with Gasteiger partial charge in [-0.2, -0.15) is 0 Å². The smallest absolute Gasteiger partial charge is 0.332 e. The van der Waals surface area contributed by atoms with E-state index in [1.165, 1.54) is 116 Å². The van der Waals surface area contributed by atoms with E-state index in [-0.39, 0.29) is 0 Å². The average Bonchev–Trinajstić information content (AvgIpc) is 2.68. The molecule has 0 aliphatic rings.